The van der Waals surface area contributed by atoms with Gasteiger partial charge >= 0.3 is 0 Å². The van der Waals surface area contributed by atoms with Crippen LogP contribution in [-0.4, -0.2) is 43.3 Å². The summed E-state index contributed by atoms with van der Waals surface area (Å²) < 4.78 is 10.3. The summed E-state index contributed by atoms with van der Waals surface area (Å²) in [5, 5.41) is 0. The van der Waals surface area contributed by atoms with E-state index in [0.29, 0.717) is 30.3 Å². The third-order valence-corrected chi connectivity index (χ3v) is 3.23. The maximum absolute atomic E-state index is 5.66. The summed E-state index contributed by atoms with van der Waals surface area (Å²) in [6.07, 6.45) is 3.60. The number of methoxy groups -OCH3 is 2. The predicted molar refractivity (Wildman–Crippen MR) is 69.2 cm³/mol. The van der Waals surface area contributed by atoms with Crippen LogP contribution < -0.4 is 20.1 Å². The lowest BCUT2D eigenvalue weighted by atomic mass is 9.91. The van der Waals surface area contributed by atoms with Crippen molar-refractivity contribution in [2.45, 2.75) is 25.3 Å². The molecule has 1 aliphatic rings. The van der Waals surface area contributed by atoms with Gasteiger partial charge < -0.3 is 20.1 Å². The monoisotopic (exact) mass is 252 g/mol. The number of anilines is 1. The van der Waals surface area contributed by atoms with E-state index >= 15 is 0 Å². The fraction of sp³-hybridized carbons (Fsp3) is 0.667. The van der Waals surface area contributed by atoms with E-state index in [0.717, 1.165) is 6.54 Å². The Balaban J connectivity index is 2.26. The van der Waals surface area contributed by atoms with Crippen molar-refractivity contribution in [1.82, 2.24) is 9.97 Å². The first-order chi connectivity index (χ1) is 8.78. The lowest BCUT2D eigenvalue weighted by molar-refractivity contribution is 0.359. The Kier molecular flexibility index (Phi) is 4.19. The zero-order valence-electron chi connectivity index (χ0n) is 10.9. The second kappa shape index (κ2) is 5.86. The van der Waals surface area contributed by atoms with Gasteiger partial charge in [0.05, 0.1) is 20.3 Å². The zero-order chi connectivity index (χ0) is 13.0. The van der Waals surface area contributed by atoms with E-state index in [1.54, 1.807) is 20.3 Å². The van der Waals surface area contributed by atoms with Crippen molar-refractivity contribution in [2.75, 3.05) is 32.2 Å². The summed E-state index contributed by atoms with van der Waals surface area (Å²) in [4.78, 5) is 10.9. The highest BCUT2D eigenvalue weighted by Gasteiger charge is 2.27. The Morgan fingerprint density at radius 2 is 1.89 bits per heavy atom. The Morgan fingerprint density at radius 3 is 2.28 bits per heavy atom. The van der Waals surface area contributed by atoms with E-state index < -0.39 is 0 Å². The van der Waals surface area contributed by atoms with Crippen molar-refractivity contribution in [1.29, 1.82) is 0 Å². The SMILES string of the molecule is COc1cc(OC)nc(N(CCN)C2CCC2)n1. The molecule has 0 aromatic carbocycles. The lowest BCUT2D eigenvalue weighted by Gasteiger charge is -2.37. The second-order valence-electron chi connectivity index (χ2n) is 4.32. The van der Waals surface area contributed by atoms with Crippen LogP contribution in [0.25, 0.3) is 0 Å². The summed E-state index contributed by atoms with van der Waals surface area (Å²) in [7, 11) is 3.17. The molecule has 0 radical (unpaired) electrons. The van der Waals surface area contributed by atoms with Crippen LogP contribution in [-0.2, 0) is 0 Å². The Morgan fingerprint density at radius 1 is 1.28 bits per heavy atom. The van der Waals surface area contributed by atoms with E-state index in [9.17, 15) is 0 Å². The molecule has 0 atom stereocenters. The molecule has 0 saturated heterocycles. The quantitative estimate of drug-likeness (QED) is 0.807. The average molecular weight is 252 g/mol. The molecule has 6 nitrogen and oxygen atoms in total. The van der Waals surface area contributed by atoms with Crippen molar-refractivity contribution < 1.29 is 9.47 Å². The molecule has 0 amide bonds. The largest absolute Gasteiger partial charge is 0.481 e. The third kappa shape index (κ3) is 2.64. The maximum Gasteiger partial charge on any atom is 0.232 e. The van der Waals surface area contributed by atoms with Crippen LogP contribution in [0.4, 0.5) is 5.95 Å². The van der Waals surface area contributed by atoms with E-state index in [4.69, 9.17) is 15.2 Å². The first kappa shape index (κ1) is 12.9. The fourth-order valence-corrected chi connectivity index (χ4v) is 2.01. The number of nitrogens with two attached hydrogens (primary N) is 1. The van der Waals surface area contributed by atoms with Crippen molar-refractivity contribution in [2.24, 2.45) is 5.73 Å². The summed E-state index contributed by atoms with van der Waals surface area (Å²) in [5.74, 6) is 1.66. The van der Waals surface area contributed by atoms with Crippen molar-refractivity contribution in [3.63, 3.8) is 0 Å². The molecule has 1 aliphatic carbocycles. The normalized spacial score (nSPS) is 15.1. The number of hydrogen-bond donors (Lipinski definition) is 1. The van der Waals surface area contributed by atoms with Crippen LogP contribution in [0.3, 0.4) is 0 Å². The molecule has 18 heavy (non-hydrogen) atoms. The molecular weight excluding hydrogens is 232 g/mol. The number of aromatic nitrogens is 2. The van der Waals surface area contributed by atoms with Crippen LogP contribution in [0.15, 0.2) is 6.07 Å². The smallest absolute Gasteiger partial charge is 0.232 e. The standard InChI is InChI=1S/C12H20N4O2/c1-17-10-8-11(18-2)15-12(14-10)16(7-6-13)9-4-3-5-9/h8-9H,3-7,13H2,1-2H3. The van der Waals surface area contributed by atoms with Crippen LogP contribution in [0.2, 0.25) is 0 Å². The van der Waals surface area contributed by atoms with Crippen molar-refractivity contribution in [3.05, 3.63) is 6.07 Å². The highest BCUT2D eigenvalue weighted by Crippen LogP contribution is 2.29. The summed E-state index contributed by atoms with van der Waals surface area (Å²) in [6.45, 7) is 1.33. The molecule has 0 unspecified atom stereocenters. The third-order valence-electron chi connectivity index (χ3n) is 3.23. The molecule has 2 rings (SSSR count). The number of ether oxygens (including phenoxy) is 2. The fourth-order valence-electron chi connectivity index (χ4n) is 2.01. The van der Waals surface area contributed by atoms with Gasteiger partial charge in [0.25, 0.3) is 0 Å². The van der Waals surface area contributed by atoms with Gasteiger partial charge in [0.15, 0.2) is 0 Å². The van der Waals surface area contributed by atoms with Gasteiger partial charge in [0.2, 0.25) is 17.7 Å². The van der Waals surface area contributed by atoms with Crippen molar-refractivity contribution in [3.8, 4) is 11.8 Å². The molecule has 100 valence electrons. The summed E-state index contributed by atoms with van der Waals surface area (Å²) >= 11 is 0. The van der Waals surface area contributed by atoms with E-state index in [1.807, 2.05) is 0 Å². The molecular formula is C12H20N4O2. The predicted octanol–water partition coefficient (Wildman–Crippen LogP) is 0.811. The van der Waals surface area contributed by atoms with Gasteiger partial charge in [-0.25, -0.2) is 0 Å². The molecule has 2 N–H and O–H groups in total. The second-order valence-corrected chi connectivity index (χ2v) is 4.32. The minimum Gasteiger partial charge on any atom is -0.481 e. The zero-order valence-corrected chi connectivity index (χ0v) is 10.9. The highest BCUT2D eigenvalue weighted by molar-refractivity contribution is 5.38. The topological polar surface area (TPSA) is 73.5 Å². The number of hydrogen-bond acceptors (Lipinski definition) is 6. The maximum atomic E-state index is 5.66. The molecule has 1 fully saturated rings. The Labute approximate surface area is 107 Å². The molecule has 1 aromatic heterocycles. The van der Waals surface area contributed by atoms with Gasteiger partial charge in [0, 0.05) is 19.1 Å². The lowest BCUT2D eigenvalue weighted by Crippen LogP contribution is -2.44. The minimum atomic E-state index is 0.491. The van der Waals surface area contributed by atoms with Gasteiger partial charge in [-0.3, -0.25) is 0 Å². The van der Waals surface area contributed by atoms with Gasteiger partial charge in [0.1, 0.15) is 0 Å². The van der Waals surface area contributed by atoms with E-state index in [2.05, 4.69) is 14.9 Å². The van der Waals surface area contributed by atoms with Gasteiger partial charge in [-0.15, -0.1) is 0 Å². The Bertz CT molecular complexity index is 373. The van der Waals surface area contributed by atoms with Gasteiger partial charge in [-0.05, 0) is 19.3 Å². The highest BCUT2D eigenvalue weighted by atomic mass is 16.5. The average Bonchev–Trinajstić information content (AvgIpc) is 2.35. The van der Waals surface area contributed by atoms with Crippen LogP contribution in [0.5, 0.6) is 11.8 Å². The minimum absolute atomic E-state index is 0.491. The molecule has 1 saturated carbocycles. The molecule has 0 bridgehead atoms. The van der Waals surface area contributed by atoms with Crippen molar-refractivity contribution >= 4 is 5.95 Å². The van der Waals surface area contributed by atoms with Gasteiger partial charge in [-0.1, -0.05) is 0 Å². The summed E-state index contributed by atoms with van der Waals surface area (Å²) in [5.41, 5.74) is 5.66. The molecule has 0 aliphatic heterocycles. The molecule has 0 spiro atoms. The molecule has 1 aromatic rings. The molecule has 1 heterocycles. The van der Waals surface area contributed by atoms with Crippen LogP contribution >= 0.6 is 0 Å². The number of nitrogens with zero attached hydrogens (tertiary/aromatic N) is 3. The van der Waals surface area contributed by atoms with E-state index in [-0.39, 0.29) is 0 Å². The van der Waals surface area contributed by atoms with Gasteiger partial charge in [-0.2, -0.15) is 9.97 Å². The van der Waals surface area contributed by atoms with E-state index in [1.165, 1.54) is 19.3 Å². The molecule has 6 heteroatoms. The Hall–Kier alpha value is -1.56. The first-order valence-electron chi connectivity index (χ1n) is 6.22. The first-order valence-corrected chi connectivity index (χ1v) is 6.22. The number of rotatable bonds is 6. The van der Waals surface area contributed by atoms with Crippen LogP contribution in [0, 0.1) is 0 Å². The summed E-state index contributed by atoms with van der Waals surface area (Å²) in [6, 6.07) is 2.16. The van der Waals surface area contributed by atoms with Crippen LogP contribution in [0.1, 0.15) is 19.3 Å².